The first-order chi connectivity index (χ1) is 17.5. The number of fused-ring (bicyclic) bond motifs is 4. The summed E-state index contributed by atoms with van der Waals surface area (Å²) in [6.07, 6.45) is 6.88. The second-order valence-electron chi connectivity index (χ2n) is 14.7. The summed E-state index contributed by atoms with van der Waals surface area (Å²) in [6.45, 7) is 21.4. The summed E-state index contributed by atoms with van der Waals surface area (Å²) in [6, 6.07) is 0. The summed E-state index contributed by atoms with van der Waals surface area (Å²) in [4.78, 5) is 25.2. The number of aliphatic hydroxyl groups is 1. The van der Waals surface area contributed by atoms with Gasteiger partial charge in [-0.1, -0.05) is 71.8 Å². The van der Waals surface area contributed by atoms with Gasteiger partial charge in [0.15, 0.2) is 0 Å². The Morgan fingerprint density at radius 2 is 1.71 bits per heavy atom. The Kier molecular flexibility index (Phi) is 7.56. The van der Waals surface area contributed by atoms with Crippen LogP contribution in [0.25, 0.3) is 0 Å². The molecule has 0 aromatic carbocycles. The van der Waals surface area contributed by atoms with Crippen molar-refractivity contribution in [3.63, 3.8) is 0 Å². The zero-order valence-electron chi connectivity index (χ0n) is 25.2. The van der Waals surface area contributed by atoms with E-state index in [0.29, 0.717) is 31.1 Å². The van der Waals surface area contributed by atoms with Gasteiger partial charge in [-0.15, -0.1) is 0 Å². The van der Waals surface area contributed by atoms with Gasteiger partial charge in [-0.3, -0.25) is 9.59 Å². The van der Waals surface area contributed by atoms with E-state index in [0.717, 1.165) is 44.1 Å². The predicted octanol–water partition coefficient (Wildman–Crippen LogP) is 7.33. The second kappa shape index (κ2) is 9.78. The minimum Gasteiger partial charge on any atom is -0.481 e. The fourth-order valence-corrected chi connectivity index (χ4v) is 9.83. The minimum absolute atomic E-state index is 0.0146. The predicted molar refractivity (Wildman–Crippen MR) is 150 cm³/mol. The van der Waals surface area contributed by atoms with Crippen LogP contribution >= 0.6 is 0 Å². The van der Waals surface area contributed by atoms with E-state index < -0.39 is 17.3 Å². The number of ether oxygens (including phenoxy) is 1. The first-order valence-corrected chi connectivity index (χ1v) is 15.0. The van der Waals surface area contributed by atoms with Gasteiger partial charge in [-0.05, 0) is 91.8 Å². The van der Waals surface area contributed by atoms with Crippen LogP contribution < -0.4 is 0 Å². The number of esters is 1. The molecule has 5 heteroatoms. The molecule has 0 aliphatic heterocycles. The van der Waals surface area contributed by atoms with Crippen molar-refractivity contribution in [3.8, 4) is 0 Å². The van der Waals surface area contributed by atoms with Crippen LogP contribution in [0.2, 0.25) is 0 Å². The molecule has 2 fully saturated rings. The van der Waals surface area contributed by atoms with Crippen LogP contribution in [-0.2, 0) is 14.3 Å². The zero-order valence-corrected chi connectivity index (χ0v) is 25.2. The molecule has 4 rings (SSSR count). The Labute approximate surface area is 230 Å². The van der Waals surface area contributed by atoms with Gasteiger partial charge in [0.1, 0.15) is 6.10 Å². The van der Waals surface area contributed by atoms with Gasteiger partial charge in [0.25, 0.3) is 0 Å². The number of aliphatic hydroxyl groups excluding tert-OH is 1. The molecule has 0 aromatic rings. The number of carbonyl (C=O) groups excluding carboxylic acids is 1. The molecule has 0 heterocycles. The Balaban J connectivity index is 1.79. The smallest absolute Gasteiger partial charge is 0.306 e. The largest absolute Gasteiger partial charge is 0.481 e. The SMILES string of the molecule is C=C(CC[C@@H](C(=O)O)[C@H]1C[C@H](OC(C)=O)[C@@]2(C)C3=C(CC[C@]12C)[C@@]1(C)CC[C@H](O)C(C)(C)C1CC3)C(C)C. The van der Waals surface area contributed by atoms with Gasteiger partial charge in [-0.2, -0.15) is 0 Å². The number of allylic oxidation sites excluding steroid dienone is 2. The topological polar surface area (TPSA) is 83.8 Å². The molecular formula is C33H52O5. The van der Waals surface area contributed by atoms with Gasteiger partial charge in [-0.25, -0.2) is 0 Å². The summed E-state index contributed by atoms with van der Waals surface area (Å²) in [7, 11) is 0. The maximum Gasteiger partial charge on any atom is 0.306 e. The van der Waals surface area contributed by atoms with Crippen molar-refractivity contribution in [2.45, 2.75) is 125 Å². The fourth-order valence-electron chi connectivity index (χ4n) is 9.83. The molecule has 0 aromatic heterocycles. The Bertz CT molecular complexity index is 1020. The highest BCUT2D eigenvalue weighted by atomic mass is 16.5. The van der Waals surface area contributed by atoms with Gasteiger partial charge in [0.2, 0.25) is 0 Å². The van der Waals surface area contributed by atoms with E-state index in [1.165, 1.54) is 18.1 Å². The lowest BCUT2D eigenvalue weighted by Gasteiger charge is -2.62. The van der Waals surface area contributed by atoms with Crippen molar-refractivity contribution in [2.75, 3.05) is 0 Å². The molecule has 8 atom stereocenters. The van der Waals surface area contributed by atoms with Crippen molar-refractivity contribution in [3.05, 3.63) is 23.3 Å². The molecule has 4 aliphatic carbocycles. The monoisotopic (exact) mass is 528 g/mol. The van der Waals surface area contributed by atoms with E-state index in [2.05, 4.69) is 55.0 Å². The lowest BCUT2D eigenvalue weighted by molar-refractivity contribution is -0.154. The molecule has 214 valence electrons. The molecule has 0 amide bonds. The molecule has 0 saturated heterocycles. The molecule has 1 unspecified atom stereocenters. The molecule has 2 N–H and O–H groups in total. The number of carboxylic acids is 1. The number of carboxylic acid groups (broad SMARTS) is 1. The molecular weight excluding hydrogens is 476 g/mol. The van der Waals surface area contributed by atoms with Crippen LogP contribution in [0.5, 0.6) is 0 Å². The molecule has 5 nitrogen and oxygen atoms in total. The summed E-state index contributed by atoms with van der Waals surface area (Å²) in [5.74, 6) is -0.847. The van der Waals surface area contributed by atoms with E-state index in [-0.39, 0.29) is 40.3 Å². The number of hydrogen-bond donors (Lipinski definition) is 2. The van der Waals surface area contributed by atoms with E-state index in [4.69, 9.17) is 4.74 Å². The Morgan fingerprint density at radius 3 is 2.29 bits per heavy atom. The Hall–Kier alpha value is -1.62. The number of hydrogen-bond acceptors (Lipinski definition) is 4. The molecule has 0 bridgehead atoms. The molecule has 0 radical (unpaired) electrons. The summed E-state index contributed by atoms with van der Waals surface area (Å²) >= 11 is 0. The van der Waals surface area contributed by atoms with Crippen molar-refractivity contribution in [1.29, 1.82) is 0 Å². The van der Waals surface area contributed by atoms with E-state index in [1.807, 2.05) is 0 Å². The highest BCUT2D eigenvalue weighted by Gasteiger charge is 2.68. The third-order valence-corrected chi connectivity index (χ3v) is 12.5. The maximum atomic E-state index is 12.8. The van der Waals surface area contributed by atoms with Crippen molar-refractivity contribution < 1.29 is 24.5 Å². The van der Waals surface area contributed by atoms with Crippen LogP contribution in [0.3, 0.4) is 0 Å². The van der Waals surface area contributed by atoms with E-state index in [1.54, 1.807) is 0 Å². The van der Waals surface area contributed by atoms with Gasteiger partial charge >= 0.3 is 11.9 Å². The van der Waals surface area contributed by atoms with Gasteiger partial charge < -0.3 is 14.9 Å². The van der Waals surface area contributed by atoms with Gasteiger partial charge in [0, 0.05) is 12.3 Å². The van der Waals surface area contributed by atoms with Crippen molar-refractivity contribution in [1.82, 2.24) is 0 Å². The highest BCUT2D eigenvalue weighted by Crippen LogP contribution is 2.73. The molecule has 2 saturated carbocycles. The normalized spacial score (nSPS) is 40.7. The van der Waals surface area contributed by atoms with Crippen LogP contribution in [-0.4, -0.2) is 34.4 Å². The average Bonchev–Trinajstić information content (AvgIpc) is 3.03. The number of aliphatic carboxylic acids is 1. The summed E-state index contributed by atoms with van der Waals surface area (Å²) in [5.41, 5.74) is 3.25. The van der Waals surface area contributed by atoms with Crippen LogP contribution in [0.1, 0.15) is 113 Å². The lowest BCUT2D eigenvalue weighted by atomic mass is 9.43. The highest BCUT2D eigenvalue weighted by molar-refractivity contribution is 5.71. The minimum atomic E-state index is -0.739. The first-order valence-electron chi connectivity index (χ1n) is 15.0. The number of rotatable bonds is 7. The van der Waals surface area contributed by atoms with Crippen LogP contribution in [0.4, 0.5) is 0 Å². The summed E-state index contributed by atoms with van der Waals surface area (Å²) in [5, 5.41) is 21.4. The third-order valence-electron chi connectivity index (χ3n) is 12.5. The van der Waals surface area contributed by atoms with Crippen LogP contribution in [0.15, 0.2) is 23.3 Å². The molecule has 0 spiro atoms. The van der Waals surface area contributed by atoms with Crippen molar-refractivity contribution in [2.24, 2.45) is 45.3 Å². The maximum absolute atomic E-state index is 12.8. The molecule has 4 aliphatic rings. The molecule has 38 heavy (non-hydrogen) atoms. The fraction of sp³-hybridized carbons (Fsp3) is 0.818. The number of carbonyl (C=O) groups is 2. The van der Waals surface area contributed by atoms with Crippen LogP contribution in [0, 0.1) is 45.3 Å². The lowest BCUT2D eigenvalue weighted by Crippen LogP contribution is -2.56. The van der Waals surface area contributed by atoms with E-state index >= 15 is 0 Å². The average molecular weight is 529 g/mol. The zero-order chi connectivity index (χ0) is 28.4. The van der Waals surface area contributed by atoms with Gasteiger partial charge in [0.05, 0.1) is 12.0 Å². The summed E-state index contributed by atoms with van der Waals surface area (Å²) < 4.78 is 6.13. The third kappa shape index (κ3) is 4.21. The first kappa shape index (κ1) is 29.4. The standard InChI is InChI=1S/C33H52O5/c1-19(2)20(3)10-11-22(29(36)37)25-18-28(38-21(4)34)33(9)24-12-13-26-30(5,6)27(35)15-16-31(26,7)23(24)14-17-32(25,33)8/h19,22,25-28,35H,3,10-18H2,1-2,4-9H3,(H,36,37)/t22-,25-,26?,27+,28+,31-,32-,33-/m1/s1. The van der Waals surface area contributed by atoms with E-state index in [9.17, 15) is 19.8 Å². The second-order valence-corrected chi connectivity index (χ2v) is 14.7. The van der Waals surface area contributed by atoms with Crippen molar-refractivity contribution >= 4 is 11.9 Å². The Morgan fingerprint density at radius 1 is 1.05 bits per heavy atom. The quantitative estimate of drug-likeness (QED) is 0.267.